The molecule has 1 heterocycles. The van der Waals surface area contributed by atoms with Crippen LogP contribution in [0.1, 0.15) is 59.7 Å². The van der Waals surface area contributed by atoms with Crippen LogP contribution in [0.4, 0.5) is 4.39 Å². The maximum absolute atomic E-state index is 12.6. The van der Waals surface area contributed by atoms with E-state index in [2.05, 4.69) is 35.2 Å². The molecule has 4 aromatic rings. The molecule has 2 unspecified atom stereocenters. The SMILES string of the molecule is NC(O)c1ccccc1-c1ccc2c(c1)CCCC(c1ccc(Cl)cc1O)=C2c1ccc(OC2CCN(CCCF)C2)cc1. The molecule has 0 radical (unpaired) electrons. The van der Waals surface area contributed by atoms with E-state index in [0.29, 0.717) is 17.0 Å². The molecular weight excluding hydrogens is 575 g/mol. The third-order valence-corrected chi connectivity index (χ3v) is 8.94. The van der Waals surface area contributed by atoms with Crippen molar-refractivity contribution in [2.75, 3.05) is 26.3 Å². The number of fused-ring (bicyclic) bond motifs is 1. The quantitative estimate of drug-likeness (QED) is 0.168. The Hall–Kier alpha value is -3.68. The molecule has 0 bridgehead atoms. The minimum atomic E-state index is -1.07. The summed E-state index contributed by atoms with van der Waals surface area (Å²) in [4.78, 5) is 2.26. The fourth-order valence-electron chi connectivity index (χ4n) is 6.60. The highest BCUT2D eigenvalue weighted by molar-refractivity contribution is 6.30. The number of phenolic OH excluding ortho intramolecular Hbond substituents is 1. The normalized spacial score (nSPS) is 17.8. The van der Waals surface area contributed by atoms with Crippen molar-refractivity contribution in [1.82, 2.24) is 4.90 Å². The van der Waals surface area contributed by atoms with Gasteiger partial charge in [0.15, 0.2) is 0 Å². The number of aliphatic hydroxyl groups is 1. The lowest BCUT2D eigenvalue weighted by molar-refractivity contribution is 0.187. The molecule has 1 aliphatic heterocycles. The summed E-state index contributed by atoms with van der Waals surface area (Å²) in [5, 5.41) is 21.7. The molecule has 228 valence electrons. The Kier molecular flexibility index (Phi) is 9.33. The van der Waals surface area contributed by atoms with Gasteiger partial charge in [0.05, 0.1) is 6.67 Å². The Morgan fingerprint density at radius 2 is 1.70 bits per heavy atom. The number of aliphatic hydroxyl groups excluding tert-OH is 1. The van der Waals surface area contributed by atoms with Crippen LogP contribution < -0.4 is 10.5 Å². The molecule has 0 spiro atoms. The van der Waals surface area contributed by atoms with Crippen LogP contribution >= 0.6 is 11.6 Å². The number of nitrogens with zero attached hydrogens (tertiary/aromatic N) is 1. The fourth-order valence-corrected chi connectivity index (χ4v) is 6.77. The number of likely N-dealkylation sites (tertiary alicyclic amines) is 1. The Labute approximate surface area is 263 Å². The number of allylic oxidation sites excluding steroid dienone is 1. The first-order valence-electron chi connectivity index (χ1n) is 15.3. The summed E-state index contributed by atoms with van der Waals surface area (Å²) in [5.41, 5.74) is 14.7. The van der Waals surface area contributed by atoms with Crippen LogP contribution in [0.5, 0.6) is 11.5 Å². The third kappa shape index (κ3) is 6.54. The van der Waals surface area contributed by atoms with E-state index in [9.17, 15) is 14.6 Å². The second kappa shape index (κ2) is 13.5. The second-order valence-corrected chi connectivity index (χ2v) is 12.1. The zero-order valence-electron chi connectivity index (χ0n) is 24.7. The van der Waals surface area contributed by atoms with Gasteiger partial charge >= 0.3 is 0 Å². The monoisotopic (exact) mass is 612 g/mol. The number of rotatable bonds is 9. The van der Waals surface area contributed by atoms with E-state index in [-0.39, 0.29) is 18.5 Å². The number of phenols is 1. The summed E-state index contributed by atoms with van der Waals surface area (Å²) in [6, 6.07) is 27.6. The van der Waals surface area contributed by atoms with Crippen molar-refractivity contribution < 1.29 is 19.3 Å². The van der Waals surface area contributed by atoms with Gasteiger partial charge in [-0.2, -0.15) is 0 Å². The summed E-state index contributed by atoms with van der Waals surface area (Å²) >= 11 is 6.22. The second-order valence-electron chi connectivity index (χ2n) is 11.7. The number of ether oxygens (including phenoxy) is 1. The van der Waals surface area contributed by atoms with Crippen LogP contribution in [-0.4, -0.2) is 47.5 Å². The molecule has 0 saturated carbocycles. The first-order valence-corrected chi connectivity index (χ1v) is 15.7. The average Bonchev–Trinajstić information content (AvgIpc) is 3.39. The van der Waals surface area contributed by atoms with E-state index in [1.165, 1.54) is 5.56 Å². The number of halogens is 2. The zero-order valence-corrected chi connectivity index (χ0v) is 25.4. The number of hydrogen-bond acceptors (Lipinski definition) is 5. The molecule has 0 amide bonds. The number of aromatic hydroxyl groups is 1. The number of hydrogen-bond donors (Lipinski definition) is 3. The Balaban J connectivity index is 1.39. The molecule has 4 aromatic carbocycles. The van der Waals surface area contributed by atoms with Crippen LogP contribution in [0.2, 0.25) is 5.02 Å². The topological polar surface area (TPSA) is 79.0 Å². The number of alkyl halides is 1. The molecule has 2 atom stereocenters. The molecule has 5 nitrogen and oxygen atoms in total. The highest BCUT2D eigenvalue weighted by Crippen LogP contribution is 2.44. The van der Waals surface area contributed by atoms with Gasteiger partial charge in [-0.1, -0.05) is 66.2 Å². The summed E-state index contributed by atoms with van der Waals surface area (Å²) in [5.74, 6) is 0.971. The number of aryl methyl sites for hydroxylation is 1. The van der Waals surface area contributed by atoms with E-state index >= 15 is 0 Å². The van der Waals surface area contributed by atoms with E-state index in [1.54, 1.807) is 6.07 Å². The van der Waals surface area contributed by atoms with Crippen LogP contribution in [0.15, 0.2) is 84.9 Å². The van der Waals surface area contributed by atoms with Gasteiger partial charge in [-0.3, -0.25) is 9.29 Å². The molecule has 2 aliphatic rings. The average molecular weight is 613 g/mol. The van der Waals surface area contributed by atoms with Gasteiger partial charge in [-0.25, -0.2) is 0 Å². The predicted octanol–water partition coefficient (Wildman–Crippen LogP) is 7.77. The highest BCUT2D eigenvalue weighted by atomic mass is 35.5. The minimum Gasteiger partial charge on any atom is -0.507 e. The first kappa shape index (κ1) is 30.4. The van der Waals surface area contributed by atoms with Gasteiger partial charge < -0.3 is 20.7 Å². The lowest BCUT2D eigenvalue weighted by atomic mass is 9.86. The summed E-state index contributed by atoms with van der Waals surface area (Å²) < 4.78 is 18.9. The first-order chi connectivity index (χ1) is 21.4. The fraction of sp³-hybridized carbons (Fsp3) is 0.297. The van der Waals surface area contributed by atoms with Crippen molar-refractivity contribution in [2.45, 2.75) is 44.4 Å². The van der Waals surface area contributed by atoms with Gasteiger partial charge in [-0.05, 0) is 101 Å². The van der Waals surface area contributed by atoms with Crippen LogP contribution in [0, 0.1) is 0 Å². The number of nitrogens with two attached hydrogens (primary N) is 1. The van der Waals surface area contributed by atoms with Crippen LogP contribution in [-0.2, 0) is 6.42 Å². The van der Waals surface area contributed by atoms with Gasteiger partial charge in [-0.15, -0.1) is 0 Å². The largest absolute Gasteiger partial charge is 0.507 e. The molecule has 1 aliphatic carbocycles. The molecule has 1 fully saturated rings. The third-order valence-electron chi connectivity index (χ3n) is 8.71. The van der Waals surface area contributed by atoms with E-state index in [1.807, 2.05) is 48.5 Å². The minimum absolute atomic E-state index is 0.0909. The van der Waals surface area contributed by atoms with Gasteiger partial charge in [0.25, 0.3) is 0 Å². The Morgan fingerprint density at radius 3 is 2.48 bits per heavy atom. The molecule has 7 heteroatoms. The lowest BCUT2D eigenvalue weighted by Gasteiger charge is -2.20. The van der Waals surface area contributed by atoms with E-state index in [4.69, 9.17) is 22.1 Å². The van der Waals surface area contributed by atoms with E-state index in [0.717, 1.165) is 90.0 Å². The van der Waals surface area contributed by atoms with Crippen molar-refractivity contribution in [3.63, 3.8) is 0 Å². The Morgan fingerprint density at radius 1 is 0.932 bits per heavy atom. The van der Waals surface area contributed by atoms with Crippen molar-refractivity contribution >= 4 is 22.7 Å². The van der Waals surface area contributed by atoms with E-state index < -0.39 is 6.23 Å². The van der Waals surface area contributed by atoms with Gasteiger partial charge in [0.1, 0.15) is 23.8 Å². The maximum Gasteiger partial charge on any atom is 0.129 e. The molecule has 6 rings (SSSR count). The van der Waals surface area contributed by atoms with Crippen molar-refractivity contribution in [3.8, 4) is 22.6 Å². The van der Waals surface area contributed by atoms with Crippen LogP contribution in [0.3, 0.4) is 0 Å². The molecular formula is C37H38ClFN2O3. The van der Waals surface area contributed by atoms with Crippen LogP contribution in [0.25, 0.3) is 22.3 Å². The smallest absolute Gasteiger partial charge is 0.129 e. The standard InChI is InChI=1S/C37H38ClFN2O3/c38-27-12-16-32(35(42)22-27)33-8-3-5-25-21-26(30-6-1-2-7-34(30)37(40)43)11-15-31(25)36(33)24-9-13-28(14-10-24)44-29-17-20-41(23-29)19-4-18-39/h1-2,6-7,9-16,21-22,29,37,42-43H,3-5,8,17-20,23,40H2. The zero-order chi connectivity index (χ0) is 30.6. The van der Waals surface area contributed by atoms with Gasteiger partial charge in [0.2, 0.25) is 0 Å². The van der Waals surface area contributed by atoms with Gasteiger partial charge in [0, 0.05) is 35.8 Å². The van der Waals surface area contributed by atoms with Crippen molar-refractivity contribution in [1.29, 1.82) is 0 Å². The molecule has 0 aromatic heterocycles. The van der Waals surface area contributed by atoms with Crippen molar-refractivity contribution in [2.24, 2.45) is 5.73 Å². The highest BCUT2D eigenvalue weighted by Gasteiger charge is 2.25. The summed E-state index contributed by atoms with van der Waals surface area (Å²) in [6.45, 7) is 2.22. The lowest BCUT2D eigenvalue weighted by Crippen LogP contribution is -2.26. The maximum atomic E-state index is 12.6. The summed E-state index contributed by atoms with van der Waals surface area (Å²) in [7, 11) is 0. The molecule has 4 N–H and O–H groups in total. The predicted molar refractivity (Wildman–Crippen MR) is 176 cm³/mol. The summed E-state index contributed by atoms with van der Waals surface area (Å²) in [6.07, 6.45) is 3.06. The Bertz CT molecular complexity index is 1650. The molecule has 1 saturated heterocycles. The van der Waals surface area contributed by atoms with Crippen molar-refractivity contribution in [3.05, 3.63) is 118 Å². The number of benzene rings is 4. The molecule has 44 heavy (non-hydrogen) atoms.